The Morgan fingerprint density at radius 2 is 1.85 bits per heavy atom. The largest absolute Gasteiger partial charge is 0.342 e. The van der Waals surface area contributed by atoms with Gasteiger partial charge in [0.25, 0.3) is 5.91 Å². The molecule has 170 valence electrons. The maximum atomic E-state index is 14.1. The number of rotatable bonds is 4. The molecule has 0 spiro atoms. The molecule has 3 aliphatic heterocycles. The van der Waals surface area contributed by atoms with Gasteiger partial charge in [-0.15, -0.1) is 0 Å². The highest BCUT2D eigenvalue weighted by atomic mass is 19.2. The Labute approximate surface area is 188 Å². The topological polar surface area (TPSA) is 85.9 Å². The van der Waals surface area contributed by atoms with E-state index < -0.39 is 17.7 Å². The van der Waals surface area contributed by atoms with Gasteiger partial charge in [0.05, 0.1) is 19.3 Å². The van der Waals surface area contributed by atoms with Crippen LogP contribution >= 0.6 is 0 Å². The van der Waals surface area contributed by atoms with E-state index in [2.05, 4.69) is 15.2 Å². The Balaban J connectivity index is 1.26. The van der Waals surface area contributed by atoms with E-state index in [1.54, 1.807) is 6.07 Å². The quantitative estimate of drug-likeness (QED) is 0.769. The third-order valence-corrected chi connectivity index (χ3v) is 6.16. The predicted molar refractivity (Wildman–Crippen MR) is 113 cm³/mol. The molecule has 1 fully saturated rings. The first-order chi connectivity index (χ1) is 15.9. The number of urea groups is 1. The number of nitrogens with one attached hydrogen (secondary N) is 1. The summed E-state index contributed by atoms with van der Waals surface area (Å²) in [5.41, 5.74) is 3.32. The third kappa shape index (κ3) is 3.97. The molecule has 5 rings (SSSR count). The van der Waals surface area contributed by atoms with Crippen molar-refractivity contribution in [1.82, 2.24) is 25.2 Å². The van der Waals surface area contributed by atoms with Crippen LogP contribution in [-0.2, 0) is 17.9 Å². The van der Waals surface area contributed by atoms with Crippen molar-refractivity contribution in [3.63, 3.8) is 0 Å². The number of carbonyl (C=O) groups excluding carboxylic acids is 3. The average molecular weight is 453 g/mol. The van der Waals surface area contributed by atoms with E-state index in [-0.39, 0.29) is 36.9 Å². The fourth-order valence-corrected chi connectivity index (χ4v) is 4.44. The number of aromatic nitrogens is 1. The summed E-state index contributed by atoms with van der Waals surface area (Å²) in [6.07, 6.45) is 4.82. The number of amides is 4. The minimum atomic E-state index is -0.953. The number of benzene rings is 1. The van der Waals surface area contributed by atoms with Crippen molar-refractivity contribution in [1.29, 1.82) is 0 Å². The fraction of sp³-hybridized carbons (Fsp3) is 0.304. The van der Waals surface area contributed by atoms with E-state index in [4.69, 9.17) is 0 Å². The summed E-state index contributed by atoms with van der Waals surface area (Å²) in [6, 6.07) is 5.01. The second kappa shape index (κ2) is 8.36. The van der Waals surface area contributed by atoms with Crippen LogP contribution in [0.3, 0.4) is 0 Å². The number of hydrazine groups is 1. The molecule has 0 saturated carbocycles. The maximum absolute atomic E-state index is 14.1. The molecule has 1 aromatic carbocycles. The lowest BCUT2D eigenvalue weighted by Gasteiger charge is -2.33. The zero-order chi connectivity index (χ0) is 23.1. The fourth-order valence-electron chi connectivity index (χ4n) is 4.44. The maximum Gasteiger partial charge on any atom is 0.342 e. The Kier molecular flexibility index (Phi) is 5.37. The van der Waals surface area contributed by atoms with E-state index in [1.165, 1.54) is 16.2 Å². The first-order valence-corrected chi connectivity index (χ1v) is 10.7. The first kappa shape index (κ1) is 21.2. The van der Waals surface area contributed by atoms with Crippen LogP contribution in [0.15, 0.2) is 36.7 Å². The molecule has 10 heteroatoms. The number of carbonyl (C=O) groups is 3. The molecule has 0 aliphatic carbocycles. The minimum Gasteiger partial charge on any atom is -0.295 e. The summed E-state index contributed by atoms with van der Waals surface area (Å²) in [4.78, 5) is 42.2. The van der Waals surface area contributed by atoms with Crippen LogP contribution in [0.25, 0.3) is 5.57 Å². The van der Waals surface area contributed by atoms with Crippen LogP contribution in [0.5, 0.6) is 0 Å². The van der Waals surface area contributed by atoms with Gasteiger partial charge >= 0.3 is 6.03 Å². The van der Waals surface area contributed by atoms with Crippen molar-refractivity contribution < 1.29 is 23.2 Å². The SMILES string of the molecule is O=C1CCN(N2Cc3cc(CN4CC=C(c5cncc(F)c5F)CC4)ccc3C2=O)C(=O)N1. The molecule has 0 unspecified atom stereocenters. The molecule has 1 aromatic heterocycles. The van der Waals surface area contributed by atoms with E-state index >= 15 is 0 Å². The van der Waals surface area contributed by atoms with Gasteiger partial charge in [-0.2, -0.15) is 0 Å². The Morgan fingerprint density at radius 1 is 1.00 bits per heavy atom. The summed E-state index contributed by atoms with van der Waals surface area (Å²) >= 11 is 0. The van der Waals surface area contributed by atoms with Crippen LogP contribution in [0.1, 0.15) is 39.9 Å². The molecular formula is C23H21F2N5O3. The number of fused-ring (bicyclic) bond motifs is 1. The monoisotopic (exact) mass is 453 g/mol. The second-order valence-electron chi connectivity index (χ2n) is 8.28. The number of hydrogen-bond donors (Lipinski definition) is 1. The summed E-state index contributed by atoms with van der Waals surface area (Å²) in [7, 11) is 0. The van der Waals surface area contributed by atoms with E-state index in [0.29, 0.717) is 31.6 Å². The zero-order valence-corrected chi connectivity index (χ0v) is 17.7. The van der Waals surface area contributed by atoms with Crippen molar-refractivity contribution >= 4 is 23.4 Å². The lowest BCUT2D eigenvalue weighted by molar-refractivity contribution is -0.123. The highest BCUT2D eigenvalue weighted by molar-refractivity contribution is 6.01. The average Bonchev–Trinajstić information content (AvgIpc) is 3.12. The highest BCUT2D eigenvalue weighted by Crippen LogP contribution is 2.29. The second-order valence-corrected chi connectivity index (χ2v) is 8.28. The number of nitrogens with zero attached hydrogens (tertiary/aromatic N) is 4. The van der Waals surface area contributed by atoms with Gasteiger partial charge in [-0.3, -0.25) is 24.8 Å². The van der Waals surface area contributed by atoms with Crippen molar-refractivity contribution in [2.45, 2.75) is 25.9 Å². The Hall–Kier alpha value is -3.66. The molecule has 1 saturated heterocycles. The highest BCUT2D eigenvalue weighted by Gasteiger charge is 2.36. The summed E-state index contributed by atoms with van der Waals surface area (Å²) in [5.74, 6) is -2.44. The van der Waals surface area contributed by atoms with Crippen molar-refractivity contribution in [2.75, 3.05) is 19.6 Å². The van der Waals surface area contributed by atoms with Crippen molar-refractivity contribution in [3.05, 3.63) is 70.6 Å². The standard InChI is InChI=1S/C23H21F2N5O3/c24-19-11-26-10-18(21(19)25)15-3-6-28(7-4-15)12-14-1-2-17-16(9-14)13-30(22(17)32)29-8-5-20(31)27-23(29)33/h1-3,9-11H,4-8,12-13H2,(H,27,31,33). The van der Waals surface area contributed by atoms with E-state index in [1.807, 2.05) is 18.2 Å². The van der Waals surface area contributed by atoms with Gasteiger partial charge < -0.3 is 0 Å². The molecule has 33 heavy (non-hydrogen) atoms. The Bertz CT molecular complexity index is 1200. The van der Waals surface area contributed by atoms with Crippen LogP contribution in [0.4, 0.5) is 13.6 Å². The van der Waals surface area contributed by atoms with Crippen molar-refractivity contribution in [3.8, 4) is 0 Å². The molecule has 2 aromatic rings. The lowest BCUT2D eigenvalue weighted by atomic mass is 9.99. The molecule has 1 N–H and O–H groups in total. The zero-order valence-electron chi connectivity index (χ0n) is 17.7. The molecular weight excluding hydrogens is 432 g/mol. The summed E-state index contributed by atoms with van der Waals surface area (Å²) in [6.45, 7) is 2.32. The number of pyridine rings is 1. The minimum absolute atomic E-state index is 0.150. The predicted octanol–water partition coefficient (Wildman–Crippen LogP) is 2.46. The van der Waals surface area contributed by atoms with Gasteiger partial charge in [-0.05, 0) is 29.2 Å². The van der Waals surface area contributed by atoms with Gasteiger partial charge in [-0.1, -0.05) is 18.2 Å². The van der Waals surface area contributed by atoms with Crippen LogP contribution in [0, 0.1) is 11.6 Å². The van der Waals surface area contributed by atoms with E-state index in [9.17, 15) is 23.2 Å². The van der Waals surface area contributed by atoms with Crippen LogP contribution in [-0.4, -0.2) is 57.4 Å². The third-order valence-electron chi connectivity index (χ3n) is 6.16. The molecule has 8 nitrogen and oxygen atoms in total. The van der Waals surface area contributed by atoms with Gasteiger partial charge in [0.1, 0.15) is 0 Å². The summed E-state index contributed by atoms with van der Waals surface area (Å²) in [5, 5.41) is 4.88. The van der Waals surface area contributed by atoms with Gasteiger partial charge in [0, 0.05) is 43.4 Å². The Morgan fingerprint density at radius 3 is 2.61 bits per heavy atom. The van der Waals surface area contributed by atoms with Crippen LogP contribution in [0.2, 0.25) is 0 Å². The van der Waals surface area contributed by atoms with Gasteiger partial charge in [0.15, 0.2) is 11.6 Å². The molecule has 0 radical (unpaired) electrons. The smallest absolute Gasteiger partial charge is 0.295 e. The lowest BCUT2D eigenvalue weighted by Crippen LogP contribution is -2.56. The van der Waals surface area contributed by atoms with Crippen molar-refractivity contribution in [2.24, 2.45) is 0 Å². The molecule has 4 amide bonds. The van der Waals surface area contributed by atoms with Gasteiger partial charge in [-0.25, -0.2) is 23.6 Å². The first-order valence-electron chi connectivity index (χ1n) is 10.7. The molecule has 0 bridgehead atoms. The number of hydrogen-bond acceptors (Lipinski definition) is 5. The normalized spacial score (nSPS) is 19.0. The molecule has 3 aliphatic rings. The van der Waals surface area contributed by atoms with Gasteiger partial charge in [0.2, 0.25) is 5.91 Å². The number of halogens is 2. The van der Waals surface area contributed by atoms with Crippen LogP contribution < -0.4 is 5.32 Å². The molecule has 0 atom stereocenters. The molecule has 4 heterocycles. The van der Waals surface area contributed by atoms with E-state index in [0.717, 1.165) is 22.9 Å². The number of imide groups is 1. The summed E-state index contributed by atoms with van der Waals surface area (Å²) < 4.78 is 27.5.